The van der Waals surface area contributed by atoms with Gasteiger partial charge in [0.25, 0.3) is 0 Å². The second-order valence-electron chi connectivity index (χ2n) is 4.33. The first-order valence-corrected chi connectivity index (χ1v) is 5.31. The van der Waals surface area contributed by atoms with Gasteiger partial charge in [-0.2, -0.15) is 0 Å². The first kappa shape index (κ1) is 11.2. The van der Waals surface area contributed by atoms with Gasteiger partial charge in [0.15, 0.2) is 0 Å². The number of aryl methyl sites for hydroxylation is 1. The Balaban J connectivity index is 2.99. The monoisotopic (exact) mass is 213 g/mol. The molecule has 14 heavy (non-hydrogen) atoms. The van der Waals surface area contributed by atoms with Crippen molar-refractivity contribution in [3.8, 4) is 0 Å². The highest BCUT2D eigenvalue weighted by atomic mass is 32.1. The quantitative estimate of drug-likeness (QED) is 0.820. The molecule has 0 unspecified atom stereocenters. The Morgan fingerprint density at radius 3 is 2.43 bits per heavy atom. The second kappa shape index (κ2) is 3.69. The van der Waals surface area contributed by atoms with Crippen LogP contribution in [0.15, 0.2) is 0 Å². The minimum atomic E-state index is -0.820. The van der Waals surface area contributed by atoms with Crippen LogP contribution in [0.4, 0.5) is 0 Å². The molecule has 0 atom stereocenters. The van der Waals surface area contributed by atoms with Crippen LogP contribution < -0.4 is 0 Å². The molecule has 0 aliphatic rings. The van der Waals surface area contributed by atoms with Gasteiger partial charge in [-0.1, -0.05) is 20.8 Å². The van der Waals surface area contributed by atoms with Gasteiger partial charge in [-0.15, -0.1) is 11.3 Å². The number of aromatic nitrogens is 1. The van der Waals surface area contributed by atoms with Crippen LogP contribution in [0, 0.1) is 6.92 Å². The molecule has 0 aliphatic heterocycles. The van der Waals surface area contributed by atoms with Crippen molar-refractivity contribution in [1.82, 2.24) is 4.98 Å². The average molecular weight is 213 g/mol. The topological polar surface area (TPSA) is 50.2 Å². The summed E-state index contributed by atoms with van der Waals surface area (Å²) in [5.41, 5.74) is 1.01. The lowest BCUT2D eigenvalue weighted by Crippen LogP contribution is -2.13. The maximum absolute atomic E-state index is 10.5. The zero-order chi connectivity index (χ0) is 10.9. The molecule has 4 heteroatoms. The molecule has 1 aromatic heterocycles. The van der Waals surface area contributed by atoms with Crippen LogP contribution in [0.2, 0.25) is 0 Å². The zero-order valence-electron chi connectivity index (χ0n) is 8.92. The molecule has 0 amide bonds. The van der Waals surface area contributed by atoms with E-state index in [0.717, 1.165) is 10.6 Å². The molecule has 0 saturated heterocycles. The zero-order valence-corrected chi connectivity index (χ0v) is 9.73. The molecule has 1 rings (SSSR count). The van der Waals surface area contributed by atoms with E-state index in [4.69, 9.17) is 5.11 Å². The van der Waals surface area contributed by atoms with Crippen molar-refractivity contribution in [1.29, 1.82) is 0 Å². The number of hydrogen-bond donors (Lipinski definition) is 1. The van der Waals surface area contributed by atoms with Crippen LogP contribution in [0.25, 0.3) is 0 Å². The first-order chi connectivity index (χ1) is 6.30. The summed E-state index contributed by atoms with van der Waals surface area (Å²) in [5.74, 6) is -0.820. The fourth-order valence-corrected chi connectivity index (χ4v) is 2.49. The van der Waals surface area contributed by atoms with Gasteiger partial charge < -0.3 is 5.11 Å². The molecule has 0 fully saturated rings. The number of carbonyl (C=O) groups is 1. The second-order valence-corrected chi connectivity index (χ2v) is 5.62. The molecule has 78 valence electrons. The fraction of sp³-hybridized carbons (Fsp3) is 0.600. The van der Waals surface area contributed by atoms with Gasteiger partial charge in [0.1, 0.15) is 5.01 Å². The smallest absolute Gasteiger partial charge is 0.310 e. The maximum atomic E-state index is 10.5. The number of thiazole rings is 1. The predicted molar refractivity (Wildman–Crippen MR) is 56.9 cm³/mol. The van der Waals surface area contributed by atoms with Gasteiger partial charge in [-0.05, 0) is 6.92 Å². The molecule has 0 saturated carbocycles. The fourth-order valence-electron chi connectivity index (χ4n) is 1.35. The Bertz CT molecular complexity index is 349. The van der Waals surface area contributed by atoms with E-state index in [1.807, 2.05) is 6.92 Å². The summed E-state index contributed by atoms with van der Waals surface area (Å²) in [6, 6.07) is 0. The van der Waals surface area contributed by atoms with Crippen LogP contribution in [0.1, 0.15) is 36.3 Å². The third-order valence-electron chi connectivity index (χ3n) is 1.85. The molecule has 3 nitrogen and oxygen atoms in total. The van der Waals surface area contributed by atoms with Crippen molar-refractivity contribution in [3.05, 3.63) is 15.6 Å². The van der Waals surface area contributed by atoms with Gasteiger partial charge in [0, 0.05) is 10.3 Å². The predicted octanol–water partition coefficient (Wildman–Crippen LogP) is 2.38. The highest BCUT2D eigenvalue weighted by molar-refractivity contribution is 7.11. The van der Waals surface area contributed by atoms with Crippen LogP contribution in [-0.4, -0.2) is 16.1 Å². The Morgan fingerprint density at radius 1 is 1.50 bits per heavy atom. The molecule has 0 radical (unpaired) electrons. The third-order valence-corrected chi connectivity index (χ3v) is 2.82. The summed E-state index contributed by atoms with van der Waals surface area (Å²) in [6.45, 7) is 8.24. The van der Waals surface area contributed by atoms with Gasteiger partial charge >= 0.3 is 5.97 Å². The van der Waals surface area contributed by atoms with E-state index >= 15 is 0 Å². The van der Waals surface area contributed by atoms with Crippen LogP contribution in [-0.2, 0) is 16.6 Å². The average Bonchev–Trinajstić information content (AvgIpc) is 2.27. The standard InChI is InChI=1S/C10H15NO2S/c1-6-9(10(2,3)4)11-7(14-6)5-8(12)13/h5H2,1-4H3,(H,12,13). The summed E-state index contributed by atoms with van der Waals surface area (Å²) in [6.07, 6.45) is 0.0294. The van der Waals surface area contributed by atoms with Crippen molar-refractivity contribution in [2.45, 2.75) is 39.5 Å². The van der Waals surface area contributed by atoms with Gasteiger partial charge in [0.05, 0.1) is 12.1 Å². The lowest BCUT2D eigenvalue weighted by molar-refractivity contribution is -0.136. The molecular weight excluding hydrogens is 198 g/mol. The highest BCUT2D eigenvalue weighted by Crippen LogP contribution is 2.28. The number of rotatable bonds is 2. The summed E-state index contributed by atoms with van der Waals surface area (Å²) < 4.78 is 0. The molecule has 0 bridgehead atoms. The van der Waals surface area contributed by atoms with E-state index in [1.165, 1.54) is 11.3 Å². The molecular formula is C10H15NO2S. The minimum Gasteiger partial charge on any atom is -0.481 e. The Hall–Kier alpha value is -0.900. The van der Waals surface area contributed by atoms with Crippen LogP contribution in [0.3, 0.4) is 0 Å². The van der Waals surface area contributed by atoms with E-state index in [0.29, 0.717) is 5.01 Å². The van der Waals surface area contributed by atoms with E-state index in [2.05, 4.69) is 25.8 Å². The number of aliphatic carboxylic acids is 1. The van der Waals surface area contributed by atoms with Gasteiger partial charge in [-0.25, -0.2) is 4.98 Å². The largest absolute Gasteiger partial charge is 0.481 e. The van der Waals surface area contributed by atoms with Crippen molar-refractivity contribution in [2.75, 3.05) is 0 Å². The van der Waals surface area contributed by atoms with Gasteiger partial charge in [-0.3, -0.25) is 4.79 Å². The molecule has 0 spiro atoms. The van der Waals surface area contributed by atoms with Crippen molar-refractivity contribution >= 4 is 17.3 Å². The third kappa shape index (κ3) is 2.54. The maximum Gasteiger partial charge on any atom is 0.310 e. The van der Waals surface area contributed by atoms with E-state index in [1.54, 1.807) is 0 Å². The normalized spacial score (nSPS) is 11.7. The number of carboxylic acid groups (broad SMARTS) is 1. The molecule has 1 N–H and O–H groups in total. The molecule has 1 aromatic rings. The van der Waals surface area contributed by atoms with Crippen molar-refractivity contribution in [2.24, 2.45) is 0 Å². The van der Waals surface area contributed by atoms with Gasteiger partial charge in [0.2, 0.25) is 0 Å². The van der Waals surface area contributed by atoms with Crippen LogP contribution in [0.5, 0.6) is 0 Å². The number of nitrogens with zero attached hydrogens (tertiary/aromatic N) is 1. The van der Waals surface area contributed by atoms with E-state index in [-0.39, 0.29) is 11.8 Å². The number of hydrogen-bond acceptors (Lipinski definition) is 3. The minimum absolute atomic E-state index is 0.00264. The molecule has 1 heterocycles. The van der Waals surface area contributed by atoms with Crippen LogP contribution >= 0.6 is 11.3 Å². The SMILES string of the molecule is Cc1sc(CC(=O)O)nc1C(C)(C)C. The summed E-state index contributed by atoms with van der Waals surface area (Å²) in [5, 5.41) is 9.33. The highest BCUT2D eigenvalue weighted by Gasteiger charge is 2.21. The first-order valence-electron chi connectivity index (χ1n) is 4.49. The lowest BCUT2D eigenvalue weighted by Gasteiger charge is -2.16. The molecule has 0 aliphatic carbocycles. The van der Waals surface area contributed by atoms with Crippen molar-refractivity contribution < 1.29 is 9.90 Å². The van der Waals surface area contributed by atoms with Crippen molar-refractivity contribution in [3.63, 3.8) is 0 Å². The summed E-state index contributed by atoms with van der Waals surface area (Å²) in [4.78, 5) is 16.0. The lowest BCUT2D eigenvalue weighted by atomic mass is 9.91. The summed E-state index contributed by atoms with van der Waals surface area (Å²) in [7, 11) is 0. The van der Waals surface area contributed by atoms with E-state index in [9.17, 15) is 4.79 Å². The molecule has 0 aromatic carbocycles. The Morgan fingerprint density at radius 2 is 2.07 bits per heavy atom. The van der Waals surface area contributed by atoms with E-state index < -0.39 is 5.97 Å². The summed E-state index contributed by atoms with van der Waals surface area (Å²) >= 11 is 1.48. The Labute approximate surface area is 87.8 Å². The number of carboxylic acids is 1. The Kier molecular flexibility index (Phi) is 2.95.